The van der Waals surface area contributed by atoms with E-state index in [-0.39, 0.29) is 5.69 Å². The summed E-state index contributed by atoms with van der Waals surface area (Å²) in [7, 11) is 0. The Labute approximate surface area is 97.8 Å². The van der Waals surface area contributed by atoms with Crippen LogP contribution in [0.3, 0.4) is 0 Å². The molecule has 0 aliphatic rings. The average molecular weight is 233 g/mol. The molecular formula is C12H9ClN2O. The monoisotopic (exact) mass is 232 g/mol. The SMILES string of the molecule is CCn1c(C(=O)Cl)c(C#N)c2ccccc21. The van der Waals surface area contributed by atoms with Crippen molar-refractivity contribution in [2.75, 3.05) is 0 Å². The molecule has 16 heavy (non-hydrogen) atoms. The number of aromatic nitrogens is 1. The molecule has 0 amide bonds. The van der Waals surface area contributed by atoms with E-state index in [0.717, 1.165) is 10.9 Å². The van der Waals surface area contributed by atoms with Gasteiger partial charge in [-0.2, -0.15) is 5.26 Å². The highest BCUT2D eigenvalue weighted by atomic mass is 35.5. The van der Waals surface area contributed by atoms with E-state index < -0.39 is 5.24 Å². The van der Waals surface area contributed by atoms with Gasteiger partial charge in [-0.15, -0.1) is 0 Å². The third-order valence-corrected chi connectivity index (χ3v) is 2.76. The van der Waals surface area contributed by atoms with Crippen molar-refractivity contribution in [3.8, 4) is 6.07 Å². The zero-order valence-electron chi connectivity index (χ0n) is 8.70. The van der Waals surface area contributed by atoms with Crippen LogP contribution in [0, 0.1) is 11.3 Å². The summed E-state index contributed by atoms with van der Waals surface area (Å²) in [4.78, 5) is 11.4. The normalized spacial score (nSPS) is 10.3. The molecule has 0 radical (unpaired) electrons. The maximum atomic E-state index is 11.4. The Kier molecular flexibility index (Phi) is 2.67. The lowest BCUT2D eigenvalue weighted by Gasteiger charge is -2.03. The molecule has 80 valence electrons. The van der Waals surface area contributed by atoms with E-state index >= 15 is 0 Å². The number of halogens is 1. The lowest BCUT2D eigenvalue weighted by Crippen LogP contribution is -2.04. The van der Waals surface area contributed by atoms with Crippen molar-refractivity contribution in [1.29, 1.82) is 5.26 Å². The van der Waals surface area contributed by atoms with Gasteiger partial charge in [0, 0.05) is 17.4 Å². The summed E-state index contributed by atoms with van der Waals surface area (Å²) in [6.07, 6.45) is 0. The summed E-state index contributed by atoms with van der Waals surface area (Å²) in [5, 5.41) is 9.29. The number of benzene rings is 1. The van der Waals surface area contributed by atoms with Crippen LogP contribution in [0.4, 0.5) is 0 Å². The van der Waals surface area contributed by atoms with E-state index in [1.807, 2.05) is 37.3 Å². The van der Waals surface area contributed by atoms with Crippen LogP contribution in [-0.2, 0) is 6.54 Å². The number of carbonyl (C=O) groups is 1. The van der Waals surface area contributed by atoms with Gasteiger partial charge in [0.1, 0.15) is 11.8 Å². The fraction of sp³-hybridized carbons (Fsp3) is 0.167. The van der Waals surface area contributed by atoms with Gasteiger partial charge in [0.05, 0.1) is 5.56 Å². The first-order chi connectivity index (χ1) is 7.70. The molecule has 4 heteroatoms. The predicted molar refractivity (Wildman–Crippen MR) is 62.5 cm³/mol. The number of fused-ring (bicyclic) bond motifs is 1. The lowest BCUT2D eigenvalue weighted by molar-refractivity contribution is 0.107. The second kappa shape index (κ2) is 3.99. The average Bonchev–Trinajstić information content (AvgIpc) is 2.62. The van der Waals surface area contributed by atoms with Crippen LogP contribution in [0.5, 0.6) is 0 Å². The van der Waals surface area contributed by atoms with Gasteiger partial charge in [-0.3, -0.25) is 4.79 Å². The molecule has 0 aliphatic heterocycles. The number of nitrogens with zero attached hydrogens (tertiary/aromatic N) is 2. The molecule has 1 aromatic heterocycles. The van der Waals surface area contributed by atoms with Crippen molar-refractivity contribution in [3.05, 3.63) is 35.5 Å². The minimum absolute atomic E-state index is 0.285. The molecule has 0 N–H and O–H groups in total. The first kappa shape index (κ1) is 10.7. The molecule has 0 bridgehead atoms. The van der Waals surface area contributed by atoms with Crippen LogP contribution in [-0.4, -0.2) is 9.81 Å². The van der Waals surface area contributed by atoms with Gasteiger partial charge in [0.25, 0.3) is 5.24 Å². The van der Waals surface area contributed by atoms with Crippen molar-refractivity contribution in [2.45, 2.75) is 13.5 Å². The van der Waals surface area contributed by atoms with Crippen LogP contribution >= 0.6 is 11.6 Å². The van der Waals surface area contributed by atoms with Gasteiger partial charge in [-0.25, -0.2) is 0 Å². The van der Waals surface area contributed by atoms with E-state index in [1.165, 1.54) is 0 Å². The van der Waals surface area contributed by atoms with Crippen molar-refractivity contribution in [1.82, 2.24) is 4.57 Å². The second-order valence-electron chi connectivity index (χ2n) is 3.37. The Morgan fingerprint density at radius 1 is 1.50 bits per heavy atom. The van der Waals surface area contributed by atoms with E-state index in [9.17, 15) is 4.79 Å². The maximum Gasteiger partial charge on any atom is 0.270 e. The molecule has 1 aromatic carbocycles. The number of hydrogen-bond acceptors (Lipinski definition) is 2. The molecule has 0 fully saturated rings. The fourth-order valence-corrected chi connectivity index (χ4v) is 2.15. The highest BCUT2D eigenvalue weighted by Crippen LogP contribution is 2.26. The van der Waals surface area contributed by atoms with Gasteiger partial charge >= 0.3 is 0 Å². The summed E-state index contributed by atoms with van der Waals surface area (Å²) < 4.78 is 1.77. The van der Waals surface area contributed by atoms with Crippen molar-refractivity contribution in [2.24, 2.45) is 0 Å². The molecule has 0 atom stereocenters. The fourth-order valence-electron chi connectivity index (χ4n) is 1.95. The first-order valence-electron chi connectivity index (χ1n) is 4.91. The number of nitriles is 1. The summed E-state index contributed by atoms with van der Waals surface area (Å²) in [5.41, 5.74) is 1.51. The molecule has 1 heterocycles. The van der Waals surface area contributed by atoms with E-state index in [4.69, 9.17) is 16.9 Å². The van der Waals surface area contributed by atoms with Gasteiger partial charge < -0.3 is 4.57 Å². The quantitative estimate of drug-likeness (QED) is 0.748. The largest absolute Gasteiger partial charge is 0.336 e. The number of hydrogen-bond donors (Lipinski definition) is 0. The zero-order valence-corrected chi connectivity index (χ0v) is 9.45. The Morgan fingerprint density at radius 3 is 2.75 bits per heavy atom. The number of aryl methyl sites for hydroxylation is 1. The standard InChI is InChI=1S/C12H9ClN2O/c1-2-15-10-6-4-3-5-8(10)9(7-14)11(15)12(13)16/h3-6H,2H2,1H3. The highest BCUT2D eigenvalue weighted by molar-refractivity contribution is 6.68. The van der Waals surface area contributed by atoms with Crippen LogP contribution in [0.1, 0.15) is 23.0 Å². The molecule has 0 saturated heterocycles. The van der Waals surface area contributed by atoms with E-state index in [1.54, 1.807) is 4.57 Å². The van der Waals surface area contributed by atoms with Crippen LogP contribution in [0.2, 0.25) is 0 Å². The molecule has 0 aliphatic carbocycles. The number of carbonyl (C=O) groups excluding carboxylic acids is 1. The van der Waals surface area contributed by atoms with E-state index in [2.05, 4.69) is 0 Å². The Balaban J connectivity index is 2.97. The molecule has 2 aromatic rings. The maximum absolute atomic E-state index is 11.4. The predicted octanol–water partition coefficient (Wildman–Crippen LogP) is 2.91. The highest BCUT2D eigenvalue weighted by Gasteiger charge is 2.20. The van der Waals surface area contributed by atoms with Crippen LogP contribution in [0.25, 0.3) is 10.9 Å². The van der Waals surface area contributed by atoms with Crippen LogP contribution in [0.15, 0.2) is 24.3 Å². The Morgan fingerprint density at radius 2 is 2.19 bits per heavy atom. The van der Waals surface area contributed by atoms with Crippen molar-refractivity contribution < 1.29 is 4.79 Å². The van der Waals surface area contributed by atoms with Crippen molar-refractivity contribution in [3.63, 3.8) is 0 Å². The number of para-hydroxylation sites is 1. The van der Waals surface area contributed by atoms with Gasteiger partial charge in [-0.05, 0) is 24.6 Å². The molecule has 0 saturated carbocycles. The van der Waals surface area contributed by atoms with Gasteiger partial charge in [0.15, 0.2) is 0 Å². The summed E-state index contributed by atoms with van der Waals surface area (Å²) in [5.74, 6) is 0. The molecular weight excluding hydrogens is 224 g/mol. The zero-order chi connectivity index (χ0) is 11.7. The van der Waals surface area contributed by atoms with Crippen LogP contribution < -0.4 is 0 Å². The third-order valence-electron chi connectivity index (χ3n) is 2.59. The molecule has 3 nitrogen and oxygen atoms in total. The Hall–Kier alpha value is -1.79. The third kappa shape index (κ3) is 1.39. The Bertz CT molecular complexity index is 607. The summed E-state index contributed by atoms with van der Waals surface area (Å²) in [6.45, 7) is 2.52. The van der Waals surface area contributed by atoms with E-state index in [0.29, 0.717) is 12.1 Å². The molecule has 0 unspecified atom stereocenters. The lowest BCUT2D eigenvalue weighted by atomic mass is 10.1. The smallest absolute Gasteiger partial charge is 0.270 e. The molecule has 0 spiro atoms. The first-order valence-corrected chi connectivity index (χ1v) is 5.29. The second-order valence-corrected chi connectivity index (χ2v) is 3.71. The number of rotatable bonds is 2. The van der Waals surface area contributed by atoms with Crippen molar-refractivity contribution >= 4 is 27.7 Å². The molecule has 2 rings (SSSR count). The minimum atomic E-state index is -0.588. The summed E-state index contributed by atoms with van der Waals surface area (Å²) >= 11 is 5.53. The minimum Gasteiger partial charge on any atom is -0.336 e. The topological polar surface area (TPSA) is 45.8 Å². The summed E-state index contributed by atoms with van der Waals surface area (Å²) in [6, 6.07) is 9.46. The van der Waals surface area contributed by atoms with Gasteiger partial charge in [0.2, 0.25) is 0 Å². The van der Waals surface area contributed by atoms with Gasteiger partial charge in [-0.1, -0.05) is 18.2 Å².